The van der Waals surface area contributed by atoms with Crippen LogP contribution in [0.25, 0.3) is 0 Å². The number of benzene rings is 2. The maximum absolute atomic E-state index is 13.2. The van der Waals surface area contributed by atoms with E-state index < -0.39 is 16.1 Å². The van der Waals surface area contributed by atoms with Gasteiger partial charge in [0.2, 0.25) is 21.8 Å². The minimum Gasteiger partial charge on any atom is -0.492 e. The first-order chi connectivity index (χ1) is 17.3. The number of hydrogen-bond acceptors (Lipinski definition) is 5. The van der Waals surface area contributed by atoms with Gasteiger partial charge in [-0.3, -0.25) is 9.59 Å². The Hall–Kier alpha value is -2.91. The Kier molecular flexibility index (Phi) is 8.64. The molecule has 0 radical (unpaired) electrons. The van der Waals surface area contributed by atoms with Crippen molar-refractivity contribution in [3.05, 3.63) is 54.1 Å². The number of nitrogens with one attached hydrogen (secondary N) is 2. The topological polar surface area (TPSA) is 105 Å². The van der Waals surface area contributed by atoms with Crippen LogP contribution in [0.3, 0.4) is 0 Å². The third-order valence-corrected chi connectivity index (χ3v) is 8.84. The molecule has 9 heteroatoms. The fourth-order valence-electron chi connectivity index (χ4n) is 5.07. The number of sulfonamides is 1. The Bertz CT molecular complexity index is 1140. The van der Waals surface area contributed by atoms with Crippen molar-refractivity contribution < 1.29 is 22.7 Å². The summed E-state index contributed by atoms with van der Waals surface area (Å²) in [7, 11) is -3.84. The molecule has 2 aromatic rings. The van der Waals surface area contributed by atoms with Crippen molar-refractivity contribution in [1.29, 1.82) is 0 Å². The third-order valence-electron chi connectivity index (χ3n) is 6.91. The van der Waals surface area contributed by atoms with Crippen LogP contribution in [0.2, 0.25) is 0 Å². The summed E-state index contributed by atoms with van der Waals surface area (Å²) in [5, 5.41) is 5.44. The highest BCUT2D eigenvalue weighted by atomic mass is 32.2. The van der Waals surface area contributed by atoms with E-state index in [4.69, 9.17) is 4.74 Å². The molecule has 1 atom stereocenters. The average Bonchev–Trinajstić information content (AvgIpc) is 3.39. The fraction of sp³-hybridized carbons (Fsp3) is 0.481. The number of carbonyl (C=O) groups excluding carboxylic acids is 2. The zero-order valence-corrected chi connectivity index (χ0v) is 21.6. The molecule has 0 unspecified atom stereocenters. The number of amides is 2. The van der Waals surface area contributed by atoms with E-state index in [-0.39, 0.29) is 23.3 Å². The quantitative estimate of drug-likeness (QED) is 0.493. The predicted molar refractivity (Wildman–Crippen MR) is 138 cm³/mol. The largest absolute Gasteiger partial charge is 0.492 e. The lowest BCUT2D eigenvalue weighted by Crippen LogP contribution is -2.46. The van der Waals surface area contributed by atoms with Crippen LogP contribution in [-0.4, -0.2) is 50.3 Å². The van der Waals surface area contributed by atoms with Crippen LogP contribution in [0, 0.1) is 0 Å². The molecular weight excluding hydrogens is 478 g/mol. The highest BCUT2D eigenvalue weighted by Gasteiger charge is 2.39. The molecule has 2 fully saturated rings. The molecule has 1 saturated heterocycles. The number of hydrogen-bond donors (Lipinski definition) is 2. The Labute approximate surface area is 213 Å². The lowest BCUT2D eigenvalue weighted by molar-refractivity contribution is -0.124. The average molecular weight is 514 g/mol. The zero-order valence-electron chi connectivity index (χ0n) is 20.7. The van der Waals surface area contributed by atoms with Crippen molar-refractivity contribution >= 4 is 27.5 Å². The van der Waals surface area contributed by atoms with Crippen molar-refractivity contribution in [2.24, 2.45) is 0 Å². The molecule has 0 spiro atoms. The van der Waals surface area contributed by atoms with Crippen LogP contribution in [0.1, 0.15) is 63.4 Å². The van der Waals surface area contributed by atoms with E-state index >= 15 is 0 Å². The van der Waals surface area contributed by atoms with Crippen LogP contribution in [-0.2, 0) is 19.6 Å². The van der Waals surface area contributed by atoms with Gasteiger partial charge in [-0.25, -0.2) is 8.42 Å². The summed E-state index contributed by atoms with van der Waals surface area (Å²) in [6, 6.07) is 13.4. The second-order valence-electron chi connectivity index (χ2n) is 9.52. The molecule has 36 heavy (non-hydrogen) atoms. The normalized spacial score (nSPS) is 19.1. The highest BCUT2D eigenvalue weighted by Crippen LogP contribution is 2.33. The molecule has 2 aromatic carbocycles. The molecule has 1 aliphatic carbocycles. The molecular formula is C27H35N3O5S. The molecule has 2 aliphatic rings. The van der Waals surface area contributed by atoms with Gasteiger partial charge in [0.25, 0.3) is 0 Å². The van der Waals surface area contributed by atoms with Gasteiger partial charge in [-0.05, 0) is 73.6 Å². The van der Waals surface area contributed by atoms with Gasteiger partial charge in [0.15, 0.2) is 0 Å². The number of anilines is 1. The predicted octanol–water partition coefficient (Wildman–Crippen LogP) is 4.04. The standard InChI is InChI=1S/C27H35N3O5S/c1-20(31)29-23-11-15-25(16-12-23)36(33,34)30-18-5-8-26(30)27(32)28-17-19-35-24-13-9-22(10-14-24)21-6-3-2-4-7-21/h9-16,21,26H,2-8,17-19H2,1H3,(H,28,32)(H,29,31)/t26-/m0/s1. The minimum absolute atomic E-state index is 0.0938. The maximum atomic E-state index is 13.2. The molecule has 8 nitrogen and oxygen atoms in total. The first kappa shape index (κ1) is 26.2. The second kappa shape index (κ2) is 11.9. The molecule has 0 bridgehead atoms. The smallest absolute Gasteiger partial charge is 0.243 e. The Balaban J connectivity index is 1.27. The highest BCUT2D eigenvalue weighted by molar-refractivity contribution is 7.89. The number of rotatable bonds is 9. The Morgan fingerprint density at radius 2 is 1.64 bits per heavy atom. The fourth-order valence-corrected chi connectivity index (χ4v) is 6.73. The van der Waals surface area contributed by atoms with Gasteiger partial charge in [-0.15, -0.1) is 0 Å². The molecule has 2 N–H and O–H groups in total. The monoisotopic (exact) mass is 513 g/mol. The molecule has 2 amide bonds. The minimum atomic E-state index is -3.84. The first-order valence-electron chi connectivity index (χ1n) is 12.7. The summed E-state index contributed by atoms with van der Waals surface area (Å²) < 4.78 is 33.4. The van der Waals surface area contributed by atoms with Crippen molar-refractivity contribution in [2.75, 3.05) is 25.0 Å². The van der Waals surface area contributed by atoms with Gasteiger partial charge in [-0.1, -0.05) is 31.4 Å². The van der Waals surface area contributed by atoms with Gasteiger partial charge in [-0.2, -0.15) is 4.31 Å². The lowest BCUT2D eigenvalue weighted by atomic mass is 9.84. The van der Waals surface area contributed by atoms with E-state index in [1.54, 1.807) is 12.1 Å². The third kappa shape index (κ3) is 6.44. The van der Waals surface area contributed by atoms with Crippen LogP contribution in [0.4, 0.5) is 5.69 Å². The van der Waals surface area contributed by atoms with Crippen molar-refractivity contribution in [3.63, 3.8) is 0 Å². The molecule has 0 aromatic heterocycles. The Morgan fingerprint density at radius 1 is 0.944 bits per heavy atom. The van der Waals surface area contributed by atoms with E-state index in [2.05, 4.69) is 22.8 Å². The van der Waals surface area contributed by atoms with Crippen LogP contribution < -0.4 is 15.4 Å². The van der Waals surface area contributed by atoms with E-state index in [0.717, 1.165) is 5.75 Å². The summed E-state index contributed by atoms with van der Waals surface area (Å²) in [5.74, 6) is 0.856. The summed E-state index contributed by atoms with van der Waals surface area (Å²) in [6.07, 6.45) is 7.52. The van der Waals surface area contributed by atoms with Gasteiger partial charge < -0.3 is 15.4 Å². The van der Waals surface area contributed by atoms with Crippen molar-refractivity contribution in [1.82, 2.24) is 9.62 Å². The SMILES string of the molecule is CC(=O)Nc1ccc(S(=O)(=O)N2CCC[C@H]2C(=O)NCCOc2ccc(C3CCCCC3)cc2)cc1. The van der Waals surface area contributed by atoms with Gasteiger partial charge >= 0.3 is 0 Å². The van der Waals surface area contributed by atoms with Crippen molar-refractivity contribution in [2.45, 2.75) is 68.7 Å². The molecule has 1 saturated carbocycles. The van der Waals surface area contributed by atoms with E-state index in [1.165, 1.54) is 61.0 Å². The molecule has 1 heterocycles. The van der Waals surface area contributed by atoms with Gasteiger partial charge in [0.1, 0.15) is 18.4 Å². The van der Waals surface area contributed by atoms with Crippen LogP contribution in [0.15, 0.2) is 53.4 Å². The van der Waals surface area contributed by atoms with Crippen molar-refractivity contribution in [3.8, 4) is 5.75 Å². The Morgan fingerprint density at radius 3 is 2.31 bits per heavy atom. The molecule has 4 rings (SSSR count). The first-order valence-corrected chi connectivity index (χ1v) is 14.2. The van der Waals surface area contributed by atoms with E-state index in [9.17, 15) is 18.0 Å². The summed E-state index contributed by atoms with van der Waals surface area (Å²) in [4.78, 5) is 24.1. The lowest BCUT2D eigenvalue weighted by Gasteiger charge is -2.23. The van der Waals surface area contributed by atoms with Crippen LogP contribution in [0.5, 0.6) is 5.75 Å². The summed E-state index contributed by atoms with van der Waals surface area (Å²) in [5.41, 5.74) is 1.88. The summed E-state index contributed by atoms with van der Waals surface area (Å²) in [6.45, 7) is 2.27. The van der Waals surface area contributed by atoms with Gasteiger partial charge in [0.05, 0.1) is 11.4 Å². The molecule has 194 valence electrons. The maximum Gasteiger partial charge on any atom is 0.243 e. The zero-order chi connectivity index (χ0) is 25.5. The van der Waals surface area contributed by atoms with E-state index in [0.29, 0.717) is 37.6 Å². The van der Waals surface area contributed by atoms with E-state index in [1.807, 2.05) is 12.1 Å². The number of ether oxygens (including phenoxy) is 1. The number of carbonyl (C=O) groups is 2. The second-order valence-corrected chi connectivity index (χ2v) is 11.4. The van der Waals surface area contributed by atoms with Crippen LogP contribution >= 0.6 is 0 Å². The number of nitrogens with zero attached hydrogens (tertiary/aromatic N) is 1. The molecule has 1 aliphatic heterocycles. The summed E-state index contributed by atoms with van der Waals surface area (Å²) >= 11 is 0. The van der Waals surface area contributed by atoms with Gasteiger partial charge in [0, 0.05) is 19.2 Å².